The van der Waals surface area contributed by atoms with Crippen LogP contribution in [0.1, 0.15) is 18.9 Å². The number of nitrogens with zero attached hydrogens (tertiary/aromatic N) is 3. The minimum atomic E-state index is -0.315. The fourth-order valence-corrected chi connectivity index (χ4v) is 2.39. The highest BCUT2D eigenvalue weighted by Gasteiger charge is 2.33. The monoisotopic (exact) mass is 257 g/mol. The number of likely N-dealkylation sites (N-methyl/N-ethyl adjacent to an activating group) is 1. The molecule has 0 aliphatic carbocycles. The van der Waals surface area contributed by atoms with Gasteiger partial charge in [-0.15, -0.1) is 0 Å². The van der Waals surface area contributed by atoms with Crippen molar-refractivity contribution >= 4 is 11.6 Å². The standard InChI is InChI=1S/C15H19N3O/c1-3-12-4-6-13(7-5-12)18-11-10-17(2)14(8-9-16)15(18)19/h4-7,14H,3,8,10-11H2,1-2H3. The highest BCUT2D eigenvalue weighted by Crippen LogP contribution is 2.21. The normalized spacial score (nSPS) is 20.4. The van der Waals surface area contributed by atoms with Crippen LogP contribution in [0.5, 0.6) is 0 Å². The Morgan fingerprint density at radius 3 is 2.58 bits per heavy atom. The highest BCUT2D eigenvalue weighted by molar-refractivity contribution is 5.98. The molecule has 4 nitrogen and oxygen atoms in total. The highest BCUT2D eigenvalue weighted by atomic mass is 16.2. The Hall–Kier alpha value is -1.86. The van der Waals surface area contributed by atoms with Gasteiger partial charge in [0.15, 0.2) is 0 Å². The zero-order chi connectivity index (χ0) is 13.8. The van der Waals surface area contributed by atoms with Crippen molar-refractivity contribution in [2.75, 3.05) is 25.0 Å². The first-order chi connectivity index (χ1) is 9.17. The van der Waals surface area contributed by atoms with Crippen LogP contribution in [0.2, 0.25) is 0 Å². The summed E-state index contributed by atoms with van der Waals surface area (Å²) in [5.74, 6) is 0.0274. The Bertz CT molecular complexity index is 489. The summed E-state index contributed by atoms with van der Waals surface area (Å²) in [6.07, 6.45) is 1.24. The van der Waals surface area contributed by atoms with Gasteiger partial charge in [-0.05, 0) is 31.2 Å². The van der Waals surface area contributed by atoms with Crippen LogP contribution in [0.15, 0.2) is 24.3 Å². The summed E-state index contributed by atoms with van der Waals surface area (Å²) in [7, 11) is 1.90. The summed E-state index contributed by atoms with van der Waals surface area (Å²) in [6, 6.07) is 9.88. The molecule has 0 saturated carbocycles. The van der Waals surface area contributed by atoms with Crippen LogP contribution in [0.25, 0.3) is 0 Å². The quantitative estimate of drug-likeness (QED) is 0.829. The molecule has 0 bridgehead atoms. The van der Waals surface area contributed by atoms with Crippen molar-refractivity contribution in [1.82, 2.24) is 4.90 Å². The van der Waals surface area contributed by atoms with E-state index in [1.165, 1.54) is 5.56 Å². The first-order valence-corrected chi connectivity index (χ1v) is 6.65. The Morgan fingerprint density at radius 2 is 2.00 bits per heavy atom. The third kappa shape index (κ3) is 2.77. The van der Waals surface area contributed by atoms with Gasteiger partial charge in [0, 0.05) is 18.8 Å². The Balaban J connectivity index is 2.19. The van der Waals surface area contributed by atoms with E-state index < -0.39 is 0 Å². The molecule has 0 aromatic heterocycles. The number of rotatable bonds is 3. The third-order valence-electron chi connectivity index (χ3n) is 3.70. The van der Waals surface area contributed by atoms with E-state index in [1.807, 2.05) is 24.1 Å². The average Bonchev–Trinajstić information content (AvgIpc) is 2.44. The number of benzene rings is 1. The van der Waals surface area contributed by atoms with E-state index in [4.69, 9.17) is 5.26 Å². The molecule has 100 valence electrons. The second-order valence-corrected chi connectivity index (χ2v) is 4.87. The average molecular weight is 257 g/mol. The van der Waals surface area contributed by atoms with Gasteiger partial charge < -0.3 is 4.90 Å². The summed E-state index contributed by atoms with van der Waals surface area (Å²) in [5.41, 5.74) is 2.19. The van der Waals surface area contributed by atoms with Crippen LogP contribution in [0.4, 0.5) is 5.69 Å². The second kappa shape index (κ2) is 5.85. The molecule has 2 rings (SSSR count). The zero-order valence-corrected chi connectivity index (χ0v) is 11.5. The van der Waals surface area contributed by atoms with Crippen molar-refractivity contribution < 1.29 is 4.79 Å². The lowest BCUT2D eigenvalue weighted by Gasteiger charge is -2.37. The topological polar surface area (TPSA) is 47.3 Å². The Labute approximate surface area is 114 Å². The van der Waals surface area contributed by atoms with Gasteiger partial charge in [-0.3, -0.25) is 9.69 Å². The first kappa shape index (κ1) is 13.6. The molecule has 1 aromatic carbocycles. The molecule has 1 aromatic rings. The molecule has 1 fully saturated rings. The molecule has 1 heterocycles. The molecule has 1 unspecified atom stereocenters. The molecule has 1 amide bonds. The Morgan fingerprint density at radius 1 is 1.32 bits per heavy atom. The van der Waals surface area contributed by atoms with E-state index in [-0.39, 0.29) is 18.4 Å². The number of carbonyl (C=O) groups is 1. The van der Waals surface area contributed by atoms with Crippen molar-refractivity contribution in [3.63, 3.8) is 0 Å². The van der Waals surface area contributed by atoms with E-state index in [9.17, 15) is 4.79 Å². The van der Waals surface area contributed by atoms with Crippen LogP contribution >= 0.6 is 0 Å². The van der Waals surface area contributed by atoms with Crippen LogP contribution in [0.3, 0.4) is 0 Å². The molecule has 1 atom stereocenters. The van der Waals surface area contributed by atoms with Gasteiger partial charge in [-0.2, -0.15) is 5.26 Å². The third-order valence-corrected chi connectivity index (χ3v) is 3.70. The number of hydrogen-bond acceptors (Lipinski definition) is 3. The van der Waals surface area contributed by atoms with Crippen molar-refractivity contribution in [1.29, 1.82) is 5.26 Å². The van der Waals surface area contributed by atoms with E-state index in [0.717, 1.165) is 18.7 Å². The first-order valence-electron chi connectivity index (χ1n) is 6.65. The minimum absolute atomic E-state index is 0.0274. The molecule has 0 spiro atoms. The SMILES string of the molecule is CCc1ccc(N2CCN(C)C(CC#N)C2=O)cc1. The van der Waals surface area contributed by atoms with Crippen molar-refractivity contribution in [2.24, 2.45) is 0 Å². The fraction of sp³-hybridized carbons (Fsp3) is 0.467. The van der Waals surface area contributed by atoms with E-state index >= 15 is 0 Å². The maximum absolute atomic E-state index is 12.4. The predicted octanol–water partition coefficient (Wildman–Crippen LogP) is 1.81. The predicted molar refractivity (Wildman–Crippen MR) is 74.8 cm³/mol. The smallest absolute Gasteiger partial charge is 0.245 e. The van der Waals surface area contributed by atoms with Crippen molar-refractivity contribution in [3.05, 3.63) is 29.8 Å². The lowest BCUT2D eigenvalue weighted by Crippen LogP contribution is -2.55. The van der Waals surface area contributed by atoms with Gasteiger partial charge in [-0.1, -0.05) is 19.1 Å². The van der Waals surface area contributed by atoms with Gasteiger partial charge in [0.25, 0.3) is 0 Å². The van der Waals surface area contributed by atoms with Gasteiger partial charge in [0.05, 0.1) is 12.5 Å². The van der Waals surface area contributed by atoms with Crippen LogP contribution < -0.4 is 4.90 Å². The fourth-order valence-electron chi connectivity index (χ4n) is 2.39. The molecular weight excluding hydrogens is 238 g/mol. The van der Waals surface area contributed by atoms with Crippen LogP contribution in [-0.2, 0) is 11.2 Å². The van der Waals surface area contributed by atoms with Crippen molar-refractivity contribution in [3.8, 4) is 6.07 Å². The van der Waals surface area contributed by atoms with E-state index in [2.05, 4.69) is 25.1 Å². The van der Waals surface area contributed by atoms with Gasteiger partial charge in [0.1, 0.15) is 6.04 Å². The lowest BCUT2D eigenvalue weighted by atomic mass is 10.1. The number of aryl methyl sites for hydroxylation is 1. The lowest BCUT2D eigenvalue weighted by molar-refractivity contribution is -0.125. The maximum atomic E-state index is 12.4. The second-order valence-electron chi connectivity index (χ2n) is 4.87. The zero-order valence-electron chi connectivity index (χ0n) is 11.5. The Kier molecular flexibility index (Phi) is 4.18. The number of piperazine rings is 1. The number of amides is 1. The number of anilines is 1. The summed E-state index contributed by atoms with van der Waals surface area (Å²) in [5, 5.41) is 8.83. The summed E-state index contributed by atoms with van der Waals surface area (Å²) in [6.45, 7) is 3.59. The largest absolute Gasteiger partial charge is 0.310 e. The summed E-state index contributed by atoms with van der Waals surface area (Å²) >= 11 is 0. The molecule has 4 heteroatoms. The van der Waals surface area contributed by atoms with Crippen LogP contribution in [0, 0.1) is 11.3 Å². The van der Waals surface area contributed by atoms with Crippen LogP contribution in [-0.4, -0.2) is 37.0 Å². The number of nitriles is 1. The molecule has 0 radical (unpaired) electrons. The van der Waals surface area contributed by atoms with Gasteiger partial charge in [0.2, 0.25) is 5.91 Å². The van der Waals surface area contributed by atoms with Gasteiger partial charge >= 0.3 is 0 Å². The molecule has 1 aliphatic heterocycles. The minimum Gasteiger partial charge on any atom is -0.310 e. The molecule has 1 aliphatic rings. The van der Waals surface area contributed by atoms with E-state index in [1.54, 1.807) is 4.90 Å². The number of hydrogen-bond donors (Lipinski definition) is 0. The number of carbonyl (C=O) groups excluding carboxylic acids is 1. The molecule has 0 N–H and O–H groups in total. The van der Waals surface area contributed by atoms with E-state index in [0.29, 0.717) is 6.54 Å². The maximum Gasteiger partial charge on any atom is 0.245 e. The molecule has 19 heavy (non-hydrogen) atoms. The summed E-state index contributed by atoms with van der Waals surface area (Å²) in [4.78, 5) is 16.2. The van der Waals surface area contributed by atoms with Crippen molar-refractivity contribution in [2.45, 2.75) is 25.8 Å². The van der Waals surface area contributed by atoms with Gasteiger partial charge in [-0.25, -0.2) is 0 Å². The molecular formula is C15H19N3O. The summed E-state index contributed by atoms with van der Waals surface area (Å²) < 4.78 is 0. The molecule has 1 saturated heterocycles.